The number of hydrogen-bond acceptors (Lipinski definition) is 1. The summed E-state index contributed by atoms with van der Waals surface area (Å²) in [5, 5.41) is 0. The summed E-state index contributed by atoms with van der Waals surface area (Å²) >= 11 is 13.6. The average molecular weight is 271 g/mol. The van der Waals surface area contributed by atoms with Crippen molar-refractivity contribution in [1.82, 2.24) is 0 Å². The van der Waals surface area contributed by atoms with Crippen molar-refractivity contribution in [2.24, 2.45) is 11.8 Å². The van der Waals surface area contributed by atoms with Crippen LogP contribution >= 0.6 is 35.0 Å². The van der Waals surface area contributed by atoms with Gasteiger partial charge >= 0.3 is 0 Å². The maximum absolute atomic E-state index is 5.77. The molecule has 0 aromatic rings. The molecule has 0 aromatic carbocycles. The molecule has 0 nitrogen and oxygen atoms in total. The molecule has 92 valence electrons. The molecule has 0 aliphatic heterocycles. The van der Waals surface area contributed by atoms with E-state index in [0.29, 0.717) is 0 Å². The van der Waals surface area contributed by atoms with Crippen molar-refractivity contribution in [2.75, 3.05) is 23.3 Å². The van der Waals surface area contributed by atoms with Gasteiger partial charge in [-0.3, -0.25) is 0 Å². The number of hydrogen-bond donors (Lipinski definition) is 0. The van der Waals surface area contributed by atoms with Crippen molar-refractivity contribution in [3.8, 4) is 0 Å². The Kier molecular flexibility index (Phi) is 12.1. The normalized spacial score (nSPS) is 15.2. The van der Waals surface area contributed by atoms with Crippen molar-refractivity contribution in [3.63, 3.8) is 0 Å². The van der Waals surface area contributed by atoms with Gasteiger partial charge in [-0.05, 0) is 36.2 Å². The standard InChI is InChI=1S/C12H24Cl2S/c1-3-11(5-7-13)9-15-10-12(4-2)6-8-14/h11-12H,3-10H2,1-2H3. The lowest BCUT2D eigenvalue weighted by molar-refractivity contribution is 0.543. The Morgan fingerprint density at radius 1 is 0.867 bits per heavy atom. The second-order valence-corrected chi connectivity index (χ2v) is 5.87. The minimum atomic E-state index is 0.804. The molecular weight excluding hydrogens is 247 g/mol. The van der Waals surface area contributed by atoms with Gasteiger partial charge in [0.1, 0.15) is 0 Å². The van der Waals surface area contributed by atoms with Crippen LogP contribution < -0.4 is 0 Å². The summed E-state index contributed by atoms with van der Waals surface area (Å²) in [4.78, 5) is 0. The highest BCUT2D eigenvalue weighted by Crippen LogP contribution is 2.21. The topological polar surface area (TPSA) is 0 Å². The van der Waals surface area contributed by atoms with Gasteiger partial charge in [0.05, 0.1) is 0 Å². The molecule has 0 heterocycles. The minimum absolute atomic E-state index is 0.804. The van der Waals surface area contributed by atoms with E-state index in [-0.39, 0.29) is 0 Å². The molecular formula is C12H24Cl2S. The van der Waals surface area contributed by atoms with Gasteiger partial charge in [-0.25, -0.2) is 0 Å². The summed E-state index contributed by atoms with van der Waals surface area (Å²) in [7, 11) is 0. The highest BCUT2D eigenvalue weighted by atomic mass is 35.5. The fourth-order valence-electron chi connectivity index (χ4n) is 1.52. The predicted molar refractivity (Wildman–Crippen MR) is 75.6 cm³/mol. The Hall–Kier alpha value is 0.930. The number of thioether (sulfide) groups is 1. The maximum Gasteiger partial charge on any atom is 0.0226 e. The molecule has 2 atom stereocenters. The number of halogens is 2. The van der Waals surface area contributed by atoms with Gasteiger partial charge in [-0.15, -0.1) is 23.2 Å². The Morgan fingerprint density at radius 2 is 1.27 bits per heavy atom. The predicted octanol–water partition coefficient (Wildman–Crippen LogP) is 5.03. The zero-order valence-corrected chi connectivity index (χ0v) is 12.3. The van der Waals surface area contributed by atoms with Crippen LogP contribution in [0, 0.1) is 11.8 Å². The maximum atomic E-state index is 5.77. The van der Waals surface area contributed by atoms with E-state index in [1.165, 1.54) is 24.3 Å². The molecule has 0 N–H and O–H groups in total. The Labute approximate surface area is 109 Å². The van der Waals surface area contributed by atoms with Crippen LogP contribution in [0.4, 0.5) is 0 Å². The van der Waals surface area contributed by atoms with Gasteiger partial charge < -0.3 is 0 Å². The molecule has 0 aliphatic carbocycles. The van der Waals surface area contributed by atoms with E-state index in [4.69, 9.17) is 23.2 Å². The first-order valence-electron chi connectivity index (χ1n) is 5.98. The number of alkyl halides is 2. The highest BCUT2D eigenvalue weighted by molar-refractivity contribution is 7.99. The molecule has 0 rings (SSSR count). The molecule has 0 saturated heterocycles. The van der Waals surface area contributed by atoms with Crippen LogP contribution in [0.2, 0.25) is 0 Å². The second kappa shape index (κ2) is 11.4. The van der Waals surface area contributed by atoms with E-state index in [9.17, 15) is 0 Å². The van der Waals surface area contributed by atoms with Gasteiger partial charge in [0.2, 0.25) is 0 Å². The van der Waals surface area contributed by atoms with Crippen molar-refractivity contribution in [1.29, 1.82) is 0 Å². The van der Waals surface area contributed by atoms with E-state index in [2.05, 4.69) is 25.6 Å². The van der Waals surface area contributed by atoms with Crippen molar-refractivity contribution in [3.05, 3.63) is 0 Å². The lowest BCUT2D eigenvalue weighted by Gasteiger charge is -2.16. The molecule has 0 aromatic heterocycles. The van der Waals surface area contributed by atoms with Gasteiger partial charge in [0.25, 0.3) is 0 Å². The molecule has 0 radical (unpaired) electrons. The first-order chi connectivity index (χ1) is 7.28. The monoisotopic (exact) mass is 270 g/mol. The van der Waals surface area contributed by atoms with E-state index in [1.807, 2.05) is 0 Å². The van der Waals surface area contributed by atoms with E-state index in [1.54, 1.807) is 0 Å². The van der Waals surface area contributed by atoms with Crippen LogP contribution in [0.3, 0.4) is 0 Å². The van der Waals surface area contributed by atoms with Crippen molar-refractivity contribution in [2.45, 2.75) is 39.5 Å². The summed E-state index contributed by atoms with van der Waals surface area (Å²) in [5.74, 6) is 5.75. The van der Waals surface area contributed by atoms with Gasteiger partial charge in [-0.1, -0.05) is 26.7 Å². The molecule has 0 saturated carbocycles. The Bertz CT molecular complexity index is 117. The summed E-state index contributed by atoms with van der Waals surface area (Å²) in [6, 6.07) is 0. The Morgan fingerprint density at radius 3 is 1.53 bits per heavy atom. The molecule has 0 fully saturated rings. The van der Waals surface area contributed by atoms with Crippen LogP contribution in [-0.4, -0.2) is 23.3 Å². The Balaban J connectivity index is 3.55. The molecule has 2 unspecified atom stereocenters. The molecule has 0 bridgehead atoms. The van der Waals surface area contributed by atoms with Crippen LogP contribution in [0.15, 0.2) is 0 Å². The highest BCUT2D eigenvalue weighted by Gasteiger charge is 2.09. The van der Waals surface area contributed by atoms with Crippen LogP contribution in [0.1, 0.15) is 39.5 Å². The summed E-state index contributed by atoms with van der Waals surface area (Å²) in [6.45, 7) is 4.52. The zero-order valence-electron chi connectivity index (χ0n) is 9.98. The largest absolute Gasteiger partial charge is 0.161 e. The lowest BCUT2D eigenvalue weighted by atomic mass is 10.1. The van der Waals surface area contributed by atoms with Crippen LogP contribution in [0.5, 0.6) is 0 Å². The molecule has 0 spiro atoms. The quantitative estimate of drug-likeness (QED) is 0.502. The van der Waals surface area contributed by atoms with Gasteiger partial charge in [-0.2, -0.15) is 11.8 Å². The summed E-state index contributed by atoms with van der Waals surface area (Å²) in [6.07, 6.45) is 4.84. The fourth-order valence-corrected chi connectivity index (χ4v) is 3.75. The smallest absolute Gasteiger partial charge is 0.0226 e. The van der Waals surface area contributed by atoms with E-state index in [0.717, 1.165) is 36.4 Å². The average Bonchev–Trinajstić information content (AvgIpc) is 2.26. The first-order valence-corrected chi connectivity index (χ1v) is 8.20. The van der Waals surface area contributed by atoms with Gasteiger partial charge in [0.15, 0.2) is 0 Å². The minimum Gasteiger partial charge on any atom is -0.161 e. The molecule has 3 heteroatoms. The molecule has 0 amide bonds. The van der Waals surface area contributed by atoms with Crippen molar-refractivity contribution < 1.29 is 0 Å². The third kappa shape index (κ3) is 8.71. The van der Waals surface area contributed by atoms with Gasteiger partial charge in [0, 0.05) is 11.8 Å². The number of rotatable bonds is 10. The fraction of sp³-hybridized carbons (Fsp3) is 1.00. The third-order valence-corrected chi connectivity index (χ3v) is 4.75. The second-order valence-electron chi connectivity index (χ2n) is 4.04. The van der Waals surface area contributed by atoms with Crippen LogP contribution in [-0.2, 0) is 0 Å². The summed E-state index contributed by atoms with van der Waals surface area (Å²) in [5.41, 5.74) is 0. The van der Waals surface area contributed by atoms with Crippen molar-refractivity contribution >= 4 is 35.0 Å². The molecule has 15 heavy (non-hydrogen) atoms. The lowest BCUT2D eigenvalue weighted by Crippen LogP contribution is -2.08. The van der Waals surface area contributed by atoms with E-state index >= 15 is 0 Å². The third-order valence-electron chi connectivity index (χ3n) is 2.90. The SMILES string of the molecule is CCC(CCCl)CSCC(CC)CCCl. The van der Waals surface area contributed by atoms with Crippen LogP contribution in [0.25, 0.3) is 0 Å². The summed E-state index contributed by atoms with van der Waals surface area (Å²) < 4.78 is 0. The zero-order chi connectivity index (χ0) is 11.5. The molecule has 0 aliphatic rings. The van der Waals surface area contributed by atoms with E-state index < -0.39 is 0 Å². The first kappa shape index (κ1) is 15.9.